The normalized spacial score (nSPS) is 13.8. The summed E-state index contributed by atoms with van der Waals surface area (Å²) in [7, 11) is -3.13. The molecule has 5 heteroatoms. The molecule has 0 radical (unpaired) electrons. The zero-order valence-electron chi connectivity index (χ0n) is 8.35. The van der Waals surface area contributed by atoms with E-state index in [1.54, 1.807) is 24.3 Å². The summed E-state index contributed by atoms with van der Waals surface area (Å²) in [5.41, 5.74) is 0.871. The van der Waals surface area contributed by atoms with Crippen LogP contribution in [0, 0.1) is 0 Å². The van der Waals surface area contributed by atoms with E-state index in [1.807, 2.05) is 0 Å². The molecule has 1 aromatic rings. The molecule has 0 saturated heterocycles. The van der Waals surface area contributed by atoms with Crippen LogP contribution in [0.4, 0.5) is 0 Å². The lowest BCUT2D eigenvalue weighted by atomic mass is 10.1. The fourth-order valence-electron chi connectivity index (χ4n) is 1.30. The van der Waals surface area contributed by atoms with Gasteiger partial charge in [0.25, 0.3) is 0 Å². The Morgan fingerprint density at radius 3 is 2.33 bits per heavy atom. The Morgan fingerprint density at radius 2 is 1.87 bits per heavy atom. The van der Waals surface area contributed by atoms with Gasteiger partial charge in [0.1, 0.15) is 9.84 Å². The van der Waals surface area contributed by atoms with Crippen LogP contribution in [0.2, 0.25) is 5.02 Å². The first-order chi connectivity index (χ1) is 6.87. The van der Waals surface area contributed by atoms with Gasteiger partial charge >= 0.3 is 0 Å². The third-order valence-electron chi connectivity index (χ3n) is 1.88. The molecule has 0 aliphatic heterocycles. The Bertz CT molecular complexity index is 411. The van der Waals surface area contributed by atoms with Crippen LogP contribution in [0.25, 0.3) is 0 Å². The zero-order chi connectivity index (χ0) is 11.5. The summed E-state index contributed by atoms with van der Waals surface area (Å²) in [6, 6.07) is 6.97. The Morgan fingerprint density at radius 1 is 1.33 bits per heavy atom. The van der Waals surface area contributed by atoms with Crippen molar-refractivity contribution in [2.24, 2.45) is 0 Å². The topological polar surface area (TPSA) is 54.4 Å². The monoisotopic (exact) mass is 248 g/mol. The van der Waals surface area contributed by atoms with E-state index >= 15 is 0 Å². The van der Waals surface area contributed by atoms with E-state index in [2.05, 4.69) is 0 Å². The highest BCUT2D eigenvalue weighted by Gasteiger charge is 2.12. The lowest BCUT2D eigenvalue weighted by molar-refractivity contribution is 0.198. The first-order valence-electron chi connectivity index (χ1n) is 4.47. The molecule has 1 atom stereocenters. The molecule has 84 valence electrons. The molecule has 0 fully saturated rings. The second-order valence-corrected chi connectivity index (χ2v) is 6.20. The van der Waals surface area contributed by atoms with Gasteiger partial charge in [-0.15, -0.1) is 0 Å². The van der Waals surface area contributed by atoms with E-state index in [0.717, 1.165) is 11.8 Å². The minimum atomic E-state index is -3.13. The first kappa shape index (κ1) is 12.5. The van der Waals surface area contributed by atoms with Gasteiger partial charge in [-0.1, -0.05) is 23.7 Å². The van der Waals surface area contributed by atoms with Crippen molar-refractivity contribution in [1.29, 1.82) is 0 Å². The summed E-state index contributed by atoms with van der Waals surface area (Å²) < 4.78 is 21.8. The van der Waals surface area contributed by atoms with Crippen molar-refractivity contribution in [3.63, 3.8) is 0 Å². The molecule has 0 spiro atoms. The van der Waals surface area contributed by atoms with E-state index in [-0.39, 0.29) is 5.75 Å². The van der Waals surface area contributed by atoms with Crippen molar-refractivity contribution in [3.05, 3.63) is 34.9 Å². The predicted octanol–water partition coefficient (Wildman–Crippen LogP) is 1.29. The van der Waals surface area contributed by atoms with E-state index in [9.17, 15) is 13.5 Å². The van der Waals surface area contributed by atoms with Gasteiger partial charge in [-0.3, -0.25) is 0 Å². The molecular weight excluding hydrogens is 236 g/mol. The minimum Gasteiger partial charge on any atom is -0.392 e. The molecule has 15 heavy (non-hydrogen) atoms. The second-order valence-electron chi connectivity index (χ2n) is 3.58. The molecule has 0 aliphatic carbocycles. The van der Waals surface area contributed by atoms with Crippen molar-refractivity contribution in [3.8, 4) is 0 Å². The number of aliphatic hydroxyl groups is 1. The number of aliphatic hydroxyl groups excluding tert-OH is 1. The van der Waals surface area contributed by atoms with E-state index < -0.39 is 15.9 Å². The molecule has 3 nitrogen and oxygen atoms in total. The van der Waals surface area contributed by atoms with Gasteiger partial charge < -0.3 is 5.11 Å². The van der Waals surface area contributed by atoms with Gasteiger partial charge in [0.2, 0.25) is 0 Å². The molecule has 0 heterocycles. The summed E-state index contributed by atoms with van der Waals surface area (Å²) in [6.07, 6.45) is 0.573. The summed E-state index contributed by atoms with van der Waals surface area (Å²) in [4.78, 5) is 0. The van der Waals surface area contributed by atoms with Crippen LogP contribution in [-0.2, 0) is 16.3 Å². The number of benzene rings is 1. The van der Waals surface area contributed by atoms with Crippen molar-refractivity contribution < 1.29 is 13.5 Å². The van der Waals surface area contributed by atoms with Gasteiger partial charge in [-0.05, 0) is 24.1 Å². The van der Waals surface area contributed by atoms with Crippen LogP contribution in [0.15, 0.2) is 24.3 Å². The van der Waals surface area contributed by atoms with Crippen LogP contribution in [0.5, 0.6) is 0 Å². The summed E-state index contributed by atoms with van der Waals surface area (Å²) in [5, 5.41) is 10.1. The molecule has 0 aliphatic rings. The number of hydrogen-bond donors (Lipinski definition) is 1. The molecule has 1 aromatic carbocycles. The molecule has 0 amide bonds. The fourth-order valence-corrected chi connectivity index (χ4v) is 2.24. The fraction of sp³-hybridized carbons (Fsp3) is 0.400. The van der Waals surface area contributed by atoms with Crippen LogP contribution in [0.3, 0.4) is 0 Å². The number of rotatable bonds is 4. The maximum Gasteiger partial charge on any atom is 0.150 e. The van der Waals surface area contributed by atoms with E-state index in [4.69, 9.17) is 11.6 Å². The SMILES string of the molecule is CS(=O)(=O)CC(O)Cc1ccc(Cl)cc1. The summed E-state index contributed by atoms with van der Waals surface area (Å²) in [5.74, 6) is -0.213. The molecule has 1 unspecified atom stereocenters. The quantitative estimate of drug-likeness (QED) is 0.874. The van der Waals surface area contributed by atoms with E-state index in [1.165, 1.54) is 0 Å². The Balaban J connectivity index is 2.59. The standard InChI is InChI=1S/C10H13ClO3S/c1-15(13,14)7-10(12)6-8-2-4-9(11)5-3-8/h2-5,10,12H,6-7H2,1H3. The first-order valence-corrected chi connectivity index (χ1v) is 6.91. The smallest absolute Gasteiger partial charge is 0.150 e. The highest BCUT2D eigenvalue weighted by molar-refractivity contribution is 7.90. The predicted molar refractivity (Wildman–Crippen MR) is 60.9 cm³/mol. The van der Waals surface area contributed by atoms with Crippen LogP contribution in [-0.4, -0.2) is 31.6 Å². The van der Waals surface area contributed by atoms with Gasteiger partial charge in [0.15, 0.2) is 0 Å². The summed E-state index contributed by atoms with van der Waals surface area (Å²) in [6.45, 7) is 0. The van der Waals surface area contributed by atoms with Crippen LogP contribution < -0.4 is 0 Å². The molecule has 0 saturated carbocycles. The van der Waals surface area contributed by atoms with Gasteiger partial charge in [0.05, 0.1) is 11.9 Å². The molecule has 0 aromatic heterocycles. The molecule has 0 bridgehead atoms. The lowest BCUT2D eigenvalue weighted by Crippen LogP contribution is -2.21. The number of sulfone groups is 1. The third-order valence-corrected chi connectivity index (χ3v) is 3.12. The lowest BCUT2D eigenvalue weighted by Gasteiger charge is -2.08. The van der Waals surface area contributed by atoms with Crippen LogP contribution in [0.1, 0.15) is 5.56 Å². The van der Waals surface area contributed by atoms with Gasteiger partial charge in [-0.2, -0.15) is 0 Å². The average molecular weight is 249 g/mol. The Hall–Kier alpha value is -0.580. The Kier molecular flexibility index (Phi) is 4.13. The highest BCUT2D eigenvalue weighted by Crippen LogP contribution is 2.11. The van der Waals surface area contributed by atoms with Crippen molar-refractivity contribution in [2.45, 2.75) is 12.5 Å². The summed E-state index contributed by atoms with van der Waals surface area (Å²) >= 11 is 5.70. The van der Waals surface area contributed by atoms with Crippen molar-refractivity contribution in [2.75, 3.05) is 12.0 Å². The third kappa shape index (κ3) is 5.16. The zero-order valence-corrected chi connectivity index (χ0v) is 9.92. The van der Waals surface area contributed by atoms with Gasteiger partial charge in [-0.25, -0.2) is 8.42 Å². The van der Waals surface area contributed by atoms with Crippen LogP contribution >= 0.6 is 11.6 Å². The maximum absolute atomic E-state index is 10.9. The Labute approximate surface area is 94.6 Å². The average Bonchev–Trinajstić information content (AvgIpc) is 2.05. The van der Waals surface area contributed by atoms with E-state index in [0.29, 0.717) is 11.4 Å². The van der Waals surface area contributed by atoms with Crippen molar-refractivity contribution in [1.82, 2.24) is 0 Å². The maximum atomic E-state index is 10.9. The molecule has 1 N–H and O–H groups in total. The minimum absolute atomic E-state index is 0.213. The highest BCUT2D eigenvalue weighted by atomic mass is 35.5. The molecular formula is C10H13ClO3S. The largest absolute Gasteiger partial charge is 0.392 e. The van der Waals surface area contributed by atoms with Crippen molar-refractivity contribution >= 4 is 21.4 Å². The van der Waals surface area contributed by atoms with Gasteiger partial charge in [0, 0.05) is 11.3 Å². The second kappa shape index (κ2) is 4.96. The number of halogens is 1. The number of hydrogen-bond acceptors (Lipinski definition) is 3. The molecule has 1 rings (SSSR count).